The van der Waals surface area contributed by atoms with E-state index in [1.807, 2.05) is 6.26 Å². The van der Waals surface area contributed by atoms with Crippen LogP contribution in [0.15, 0.2) is 23.5 Å². The first-order valence-corrected chi connectivity index (χ1v) is 3.52. The summed E-state index contributed by atoms with van der Waals surface area (Å²) in [6, 6.07) is 0. The van der Waals surface area contributed by atoms with Crippen LogP contribution in [0.3, 0.4) is 0 Å². The third kappa shape index (κ3) is 0.948. The van der Waals surface area contributed by atoms with Gasteiger partial charge in [0.2, 0.25) is 0 Å². The second-order valence-corrected chi connectivity index (χ2v) is 2.49. The lowest BCUT2D eigenvalue weighted by atomic mass is 9.99. The molecule has 1 saturated heterocycles. The Morgan fingerprint density at radius 2 is 2.40 bits per heavy atom. The fraction of sp³-hybridized carbons (Fsp3) is 0.375. The van der Waals surface area contributed by atoms with Crippen molar-refractivity contribution in [1.29, 1.82) is 0 Å². The number of piperidine rings is 1. The predicted octanol–water partition coefficient (Wildman–Crippen LogP) is 0.982. The zero-order valence-corrected chi connectivity index (χ0v) is 5.76. The first-order valence-electron chi connectivity index (χ1n) is 3.52. The summed E-state index contributed by atoms with van der Waals surface area (Å²) in [5, 5.41) is 3.19. The second kappa shape index (κ2) is 2.46. The quantitative estimate of drug-likeness (QED) is 0.536. The number of nitrogens with one attached hydrogen (secondary N) is 1. The Bertz CT molecular complexity index is 171. The Kier molecular flexibility index (Phi) is 1.47. The maximum atomic E-state index is 5.15. The van der Waals surface area contributed by atoms with Gasteiger partial charge in [0.25, 0.3) is 0 Å². The van der Waals surface area contributed by atoms with Crippen LogP contribution in [0.4, 0.5) is 0 Å². The Labute approximate surface area is 60.6 Å². The number of ether oxygens (including phenoxy) is 1. The van der Waals surface area contributed by atoms with Crippen LogP contribution in [0.25, 0.3) is 0 Å². The third-order valence-electron chi connectivity index (χ3n) is 1.82. The van der Waals surface area contributed by atoms with Crippen molar-refractivity contribution in [2.24, 2.45) is 0 Å². The Morgan fingerprint density at radius 3 is 3.30 bits per heavy atom. The van der Waals surface area contributed by atoms with Crippen molar-refractivity contribution < 1.29 is 4.74 Å². The molecule has 0 aromatic rings. The molecule has 1 fully saturated rings. The summed E-state index contributed by atoms with van der Waals surface area (Å²) in [6.07, 6.45) is 4.99. The summed E-state index contributed by atoms with van der Waals surface area (Å²) in [6.45, 7) is 3.77. The summed E-state index contributed by atoms with van der Waals surface area (Å²) in [5.74, 6) is 0. The molecule has 10 heavy (non-hydrogen) atoms. The molecule has 2 rings (SSSR count). The summed E-state index contributed by atoms with van der Waals surface area (Å²) in [5.41, 5.74) is 2.72. The lowest BCUT2D eigenvalue weighted by molar-refractivity contribution is 0.278. The van der Waals surface area contributed by atoms with Crippen LogP contribution >= 0.6 is 0 Å². The molecule has 0 amide bonds. The number of hydrogen-bond donors (Lipinski definition) is 1. The molecule has 53 valence electrons. The summed E-state index contributed by atoms with van der Waals surface area (Å²) < 4.78 is 5.15. The molecule has 2 heterocycles. The van der Waals surface area contributed by atoms with Gasteiger partial charge in [-0.3, -0.25) is 0 Å². The van der Waals surface area contributed by atoms with Gasteiger partial charge in [0, 0.05) is 13.1 Å². The van der Waals surface area contributed by atoms with Crippen LogP contribution < -0.4 is 5.32 Å². The summed E-state index contributed by atoms with van der Waals surface area (Å²) in [4.78, 5) is 0. The zero-order chi connectivity index (χ0) is 6.81. The molecule has 0 aromatic carbocycles. The molecule has 1 N–H and O–H groups in total. The predicted molar refractivity (Wildman–Crippen MR) is 39.0 cm³/mol. The van der Waals surface area contributed by atoms with E-state index >= 15 is 0 Å². The fourth-order valence-electron chi connectivity index (χ4n) is 1.23. The van der Waals surface area contributed by atoms with Gasteiger partial charge in [0.15, 0.2) is 0 Å². The van der Waals surface area contributed by atoms with E-state index in [-0.39, 0.29) is 0 Å². The molecule has 2 nitrogen and oxygen atoms in total. The lowest BCUT2D eigenvalue weighted by Crippen LogP contribution is -2.23. The van der Waals surface area contributed by atoms with Gasteiger partial charge in [-0.05, 0) is 23.6 Å². The Morgan fingerprint density at radius 1 is 1.40 bits per heavy atom. The maximum Gasteiger partial charge on any atom is 0.106 e. The smallest absolute Gasteiger partial charge is 0.106 e. The molecule has 0 aliphatic carbocycles. The first-order chi connectivity index (χ1) is 4.97. The van der Waals surface area contributed by atoms with Crippen molar-refractivity contribution in [3.05, 3.63) is 30.0 Å². The number of fused-ring (bicyclic) bond motifs is 1. The van der Waals surface area contributed by atoms with E-state index in [0.29, 0.717) is 0 Å². The van der Waals surface area contributed by atoms with Crippen molar-refractivity contribution in [2.45, 2.75) is 6.42 Å². The van der Waals surface area contributed by atoms with E-state index in [4.69, 9.17) is 4.74 Å². The molecule has 0 unspecified atom stereocenters. The van der Waals surface area contributed by atoms with E-state index in [1.54, 1.807) is 0 Å². The van der Waals surface area contributed by atoms with Crippen LogP contribution in [0, 0.1) is 6.54 Å². The highest BCUT2D eigenvalue weighted by Crippen LogP contribution is 2.21. The highest BCUT2D eigenvalue weighted by Gasteiger charge is 2.13. The molecule has 2 heteroatoms. The first kappa shape index (κ1) is 5.98. The molecule has 1 radical (unpaired) electrons. The van der Waals surface area contributed by atoms with Crippen LogP contribution in [-0.4, -0.2) is 13.2 Å². The SMILES string of the molecule is [CH]1CC2=COCC=C2CN1. The van der Waals surface area contributed by atoms with Crippen LogP contribution in [0.1, 0.15) is 6.42 Å². The average molecular weight is 136 g/mol. The van der Waals surface area contributed by atoms with E-state index in [0.717, 1.165) is 19.6 Å². The van der Waals surface area contributed by atoms with Crippen molar-refractivity contribution in [3.8, 4) is 0 Å². The maximum absolute atomic E-state index is 5.15. The third-order valence-corrected chi connectivity index (χ3v) is 1.82. The molecule has 0 aromatic heterocycles. The molecular weight excluding hydrogens is 126 g/mol. The Hall–Kier alpha value is -0.760. The van der Waals surface area contributed by atoms with Gasteiger partial charge in [-0.1, -0.05) is 0 Å². The van der Waals surface area contributed by atoms with E-state index in [2.05, 4.69) is 17.9 Å². The van der Waals surface area contributed by atoms with Crippen LogP contribution in [-0.2, 0) is 4.74 Å². The van der Waals surface area contributed by atoms with E-state index in [1.165, 1.54) is 11.1 Å². The van der Waals surface area contributed by atoms with Gasteiger partial charge >= 0.3 is 0 Å². The van der Waals surface area contributed by atoms with Gasteiger partial charge < -0.3 is 10.1 Å². The van der Waals surface area contributed by atoms with Gasteiger partial charge in [-0.2, -0.15) is 0 Å². The number of hydrogen-bond acceptors (Lipinski definition) is 2. The summed E-state index contributed by atoms with van der Waals surface area (Å²) >= 11 is 0. The van der Waals surface area contributed by atoms with Gasteiger partial charge in [0.05, 0.1) is 6.26 Å². The van der Waals surface area contributed by atoms with E-state index < -0.39 is 0 Å². The molecule has 0 bridgehead atoms. The average Bonchev–Trinajstić information content (AvgIpc) is 2.05. The topological polar surface area (TPSA) is 21.3 Å². The molecule has 0 atom stereocenters. The minimum absolute atomic E-state index is 0.737. The summed E-state index contributed by atoms with van der Waals surface area (Å²) in [7, 11) is 0. The largest absolute Gasteiger partial charge is 0.497 e. The molecular formula is C8H10NO. The van der Waals surface area contributed by atoms with Crippen LogP contribution in [0.2, 0.25) is 0 Å². The Balaban J connectivity index is 2.19. The van der Waals surface area contributed by atoms with Crippen molar-refractivity contribution in [1.82, 2.24) is 5.32 Å². The molecule has 2 aliphatic heterocycles. The fourth-order valence-corrected chi connectivity index (χ4v) is 1.23. The highest BCUT2D eigenvalue weighted by molar-refractivity contribution is 5.36. The van der Waals surface area contributed by atoms with Crippen molar-refractivity contribution >= 4 is 0 Å². The number of rotatable bonds is 0. The zero-order valence-electron chi connectivity index (χ0n) is 5.76. The monoisotopic (exact) mass is 136 g/mol. The van der Waals surface area contributed by atoms with Gasteiger partial charge in [-0.25, -0.2) is 0 Å². The van der Waals surface area contributed by atoms with Gasteiger partial charge in [-0.15, -0.1) is 0 Å². The normalized spacial score (nSPS) is 24.0. The molecule has 0 saturated carbocycles. The highest BCUT2D eigenvalue weighted by atomic mass is 16.5. The molecule has 2 aliphatic rings. The van der Waals surface area contributed by atoms with Crippen molar-refractivity contribution in [3.63, 3.8) is 0 Å². The van der Waals surface area contributed by atoms with E-state index in [9.17, 15) is 0 Å². The molecule has 0 spiro atoms. The standard InChI is InChI=1S/C8H10NO/c1-3-9-5-7-2-4-10-6-8(1)7/h2-3,6,9H,1,4-5H2. The minimum Gasteiger partial charge on any atom is -0.497 e. The second-order valence-electron chi connectivity index (χ2n) is 2.49. The van der Waals surface area contributed by atoms with Crippen molar-refractivity contribution in [2.75, 3.05) is 13.2 Å². The minimum atomic E-state index is 0.737. The van der Waals surface area contributed by atoms with Crippen LogP contribution in [0.5, 0.6) is 0 Å². The lowest BCUT2D eigenvalue weighted by Gasteiger charge is -2.21. The van der Waals surface area contributed by atoms with Gasteiger partial charge in [0.1, 0.15) is 6.61 Å².